The SMILES string of the molecule is C[C@H](OC(=O)CCNC(=O)c1ccc([N+](=O)[O-])cc1)C(=O)Nc1ccc(F)cc1. The number of hydrogen-bond donors (Lipinski definition) is 2. The van der Waals surface area contributed by atoms with Gasteiger partial charge >= 0.3 is 5.97 Å². The lowest BCUT2D eigenvalue weighted by atomic mass is 10.2. The predicted octanol–water partition coefficient (Wildman–Crippen LogP) is 2.42. The van der Waals surface area contributed by atoms with Gasteiger partial charge in [-0.1, -0.05) is 0 Å². The van der Waals surface area contributed by atoms with Crippen molar-refractivity contribution in [2.45, 2.75) is 19.4 Å². The first kappa shape index (κ1) is 21.5. The van der Waals surface area contributed by atoms with Crippen LogP contribution in [0.15, 0.2) is 48.5 Å². The number of nitro groups is 1. The van der Waals surface area contributed by atoms with Gasteiger partial charge in [0, 0.05) is 29.9 Å². The topological polar surface area (TPSA) is 128 Å². The number of halogens is 1. The third-order valence-electron chi connectivity index (χ3n) is 3.74. The number of amides is 2. The van der Waals surface area contributed by atoms with Gasteiger partial charge in [0.2, 0.25) is 0 Å². The van der Waals surface area contributed by atoms with Gasteiger partial charge in [0.1, 0.15) is 5.82 Å². The lowest BCUT2D eigenvalue weighted by Crippen LogP contribution is -2.32. The number of carbonyl (C=O) groups excluding carboxylic acids is 3. The molecule has 2 N–H and O–H groups in total. The van der Waals surface area contributed by atoms with Crippen molar-refractivity contribution in [2.75, 3.05) is 11.9 Å². The molecule has 0 heterocycles. The Bertz CT molecular complexity index is 899. The largest absolute Gasteiger partial charge is 0.452 e. The molecule has 0 aliphatic carbocycles. The highest BCUT2D eigenvalue weighted by Crippen LogP contribution is 2.12. The third kappa shape index (κ3) is 6.69. The summed E-state index contributed by atoms with van der Waals surface area (Å²) >= 11 is 0. The molecule has 2 aromatic carbocycles. The van der Waals surface area contributed by atoms with Crippen LogP contribution in [-0.4, -0.2) is 35.4 Å². The molecule has 152 valence electrons. The van der Waals surface area contributed by atoms with Crippen molar-refractivity contribution in [3.8, 4) is 0 Å². The summed E-state index contributed by atoms with van der Waals surface area (Å²) in [7, 11) is 0. The average Bonchev–Trinajstić information content (AvgIpc) is 2.69. The van der Waals surface area contributed by atoms with E-state index in [1.807, 2.05) is 0 Å². The minimum Gasteiger partial charge on any atom is -0.452 e. The Morgan fingerprint density at radius 2 is 1.72 bits per heavy atom. The van der Waals surface area contributed by atoms with E-state index in [0.29, 0.717) is 5.69 Å². The third-order valence-corrected chi connectivity index (χ3v) is 3.74. The molecule has 9 nitrogen and oxygen atoms in total. The molecule has 1 atom stereocenters. The van der Waals surface area contributed by atoms with Crippen molar-refractivity contribution in [2.24, 2.45) is 0 Å². The van der Waals surface area contributed by atoms with Gasteiger partial charge in [-0.05, 0) is 43.3 Å². The van der Waals surface area contributed by atoms with Crippen LogP contribution in [0.2, 0.25) is 0 Å². The number of nitrogens with zero attached hydrogens (tertiary/aromatic N) is 1. The van der Waals surface area contributed by atoms with Crippen molar-refractivity contribution in [3.63, 3.8) is 0 Å². The van der Waals surface area contributed by atoms with Crippen molar-refractivity contribution >= 4 is 29.2 Å². The normalized spacial score (nSPS) is 11.2. The van der Waals surface area contributed by atoms with Gasteiger partial charge in [-0.3, -0.25) is 24.5 Å². The van der Waals surface area contributed by atoms with Crippen molar-refractivity contribution in [1.82, 2.24) is 5.32 Å². The number of carbonyl (C=O) groups is 3. The Labute approximate surface area is 165 Å². The highest BCUT2D eigenvalue weighted by atomic mass is 19.1. The summed E-state index contributed by atoms with van der Waals surface area (Å²) in [5.74, 6) is -2.23. The Morgan fingerprint density at radius 3 is 2.31 bits per heavy atom. The van der Waals surface area contributed by atoms with E-state index in [4.69, 9.17) is 4.74 Å². The zero-order chi connectivity index (χ0) is 21.4. The summed E-state index contributed by atoms with van der Waals surface area (Å²) in [4.78, 5) is 45.7. The van der Waals surface area contributed by atoms with Crippen molar-refractivity contribution in [3.05, 3.63) is 70.0 Å². The second-order valence-electron chi connectivity index (χ2n) is 5.94. The summed E-state index contributed by atoms with van der Waals surface area (Å²) in [6.45, 7) is 1.34. The molecule has 0 aromatic heterocycles. The van der Waals surface area contributed by atoms with Crippen molar-refractivity contribution in [1.29, 1.82) is 0 Å². The first-order valence-corrected chi connectivity index (χ1v) is 8.55. The van der Waals surface area contributed by atoms with Crippen LogP contribution in [0.3, 0.4) is 0 Å². The molecular weight excluding hydrogens is 385 g/mol. The monoisotopic (exact) mass is 403 g/mol. The Balaban J connectivity index is 1.74. The molecule has 0 aliphatic heterocycles. The maximum Gasteiger partial charge on any atom is 0.308 e. The fourth-order valence-electron chi connectivity index (χ4n) is 2.20. The molecule has 0 aliphatic rings. The molecular formula is C19H18FN3O6. The van der Waals surface area contributed by atoms with Crippen molar-refractivity contribution < 1.29 is 28.4 Å². The van der Waals surface area contributed by atoms with E-state index in [-0.39, 0.29) is 24.2 Å². The van der Waals surface area contributed by atoms with Crippen LogP contribution in [-0.2, 0) is 14.3 Å². The van der Waals surface area contributed by atoms with E-state index in [9.17, 15) is 28.9 Å². The number of hydrogen-bond acceptors (Lipinski definition) is 6. The van der Waals surface area contributed by atoms with Gasteiger partial charge in [-0.15, -0.1) is 0 Å². The van der Waals surface area contributed by atoms with E-state index in [1.54, 1.807) is 0 Å². The predicted molar refractivity (Wildman–Crippen MR) is 101 cm³/mol. The molecule has 0 saturated carbocycles. The maximum atomic E-state index is 12.8. The molecule has 2 aromatic rings. The lowest BCUT2D eigenvalue weighted by Gasteiger charge is -2.13. The van der Waals surface area contributed by atoms with E-state index in [1.165, 1.54) is 55.5 Å². The molecule has 10 heteroatoms. The van der Waals surface area contributed by atoms with Gasteiger partial charge in [-0.25, -0.2) is 4.39 Å². The quantitative estimate of drug-likeness (QED) is 0.396. The Kier molecular flexibility index (Phi) is 7.35. The Morgan fingerprint density at radius 1 is 1.10 bits per heavy atom. The molecule has 29 heavy (non-hydrogen) atoms. The first-order valence-electron chi connectivity index (χ1n) is 8.55. The minimum absolute atomic E-state index is 0.0407. The summed E-state index contributed by atoms with van der Waals surface area (Å²) in [5, 5.41) is 15.6. The number of nitro benzene ring substituents is 1. The fourth-order valence-corrected chi connectivity index (χ4v) is 2.20. The summed E-state index contributed by atoms with van der Waals surface area (Å²) in [6.07, 6.45) is -1.26. The fraction of sp³-hybridized carbons (Fsp3) is 0.211. The molecule has 0 bridgehead atoms. The number of non-ortho nitro benzene ring substituents is 1. The Hall–Kier alpha value is -3.82. The van der Waals surface area contributed by atoms with Gasteiger partial charge in [-0.2, -0.15) is 0 Å². The molecule has 2 amide bonds. The number of nitrogens with one attached hydrogen (secondary N) is 2. The summed E-state index contributed by atoms with van der Waals surface area (Å²) in [5.41, 5.74) is 0.420. The second-order valence-corrected chi connectivity index (χ2v) is 5.94. The molecule has 0 spiro atoms. The zero-order valence-corrected chi connectivity index (χ0v) is 15.4. The van der Waals surface area contributed by atoms with Crippen LogP contribution < -0.4 is 10.6 Å². The highest BCUT2D eigenvalue weighted by molar-refractivity contribution is 5.95. The number of esters is 1. The van der Waals surface area contributed by atoms with Crippen LogP contribution >= 0.6 is 0 Å². The maximum absolute atomic E-state index is 12.8. The molecule has 0 radical (unpaired) electrons. The van der Waals surface area contributed by atoms with Gasteiger partial charge in [0.15, 0.2) is 6.10 Å². The van der Waals surface area contributed by atoms with Crippen LogP contribution in [0.4, 0.5) is 15.8 Å². The lowest BCUT2D eigenvalue weighted by molar-refractivity contribution is -0.384. The smallest absolute Gasteiger partial charge is 0.308 e. The summed E-state index contributed by atoms with van der Waals surface area (Å²) in [6, 6.07) is 10.1. The molecule has 2 rings (SSSR count). The number of benzene rings is 2. The average molecular weight is 403 g/mol. The minimum atomic E-state index is -1.09. The highest BCUT2D eigenvalue weighted by Gasteiger charge is 2.18. The van der Waals surface area contributed by atoms with E-state index < -0.39 is 34.6 Å². The van der Waals surface area contributed by atoms with Crippen LogP contribution in [0.5, 0.6) is 0 Å². The zero-order valence-electron chi connectivity index (χ0n) is 15.4. The number of rotatable bonds is 8. The second kappa shape index (κ2) is 9.93. The van der Waals surface area contributed by atoms with E-state index in [2.05, 4.69) is 10.6 Å². The molecule has 0 saturated heterocycles. The van der Waals surface area contributed by atoms with Gasteiger partial charge in [0.25, 0.3) is 17.5 Å². The standard InChI is InChI=1S/C19H18FN3O6/c1-12(18(25)22-15-6-4-14(20)5-7-15)29-17(24)10-11-21-19(26)13-2-8-16(9-3-13)23(27)28/h2-9,12H,10-11H2,1H3,(H,21,26)(H,22,25)/t12-/m0/s1. The van der Waals surface area contributed by atoms with Crippen LogP contribution in [0.1, 0.15) is 23.7 Å². The number of anilines is 1. The molecule has 0 fully saturated rings. The molecule has 0 unspecified atom stereocenters. The van der Waals surface area contributed by atoms with E-state index in [0.717, 1.165) is 0 Å². The summed E-state index contributed by atoms with van der Waals surface area (Å²) < 4.78 is 17.8. The number of ether oxygens (including phenoxy) is 1. The van der Waals surface area contributed by atoms with E-state index >= 15 is 0 Å². The van der Waals surface area contributed by atoms with Gasteiger partial charge in [0.05, 0.1) is 11.3 Å². The van der Waals surface area contributed by atoms with Gasteiger partial charge < -0.3 is 15.4 Å². The first-order chi connectivity index (χ1) is 13.8. The van der Waals surface area contributed by atoms with Crippen LogP contribution in [0.25, 0.3) is 0 Å². The van der Waals surface area contributed by atoms with Crippen LogP contribution in [0, 0.1) is 15.9 Å².